The van der Waals surface area contributed by atoms with E-state index in [9.17, 15) is 8.60 Å². The lowest BCUT2D eigenvalue weighted by Crippen LogP contribution is -2.08. The Morgan fingerprint density at radius 2 is 1.62 bits per heavy atom. The fraction of sp³-hybridized carbons (Fsp3) is 0.100. The first kappa shape index (κ1) is 19.0. The van der Waals surface area contributed by atoms with E-state index in [1.54, 1.807) is 18.2 Å². The minimum absolute atomic E-state index is 0.356. The molecule has 0 spiro atoms. The Kier molecular flexibility index (Phi) is 6.01. The van der Waals surface area contributed by atoms with E-state index in [1.165, 1.54) is 23.9 Å². The second kappa shape index (κ2) is 8.25. The highest BCUT2D eigenvalue weighted by Crippen LogP contribution is 2.35. The lowest BCUT2D eigenvalue weighted by Gasteiger charge is -2.13. The Labute approximate surface area is 164 Å². The predicted molar refractivity (Wildman–Crippen MR) is 107 cm³/mol. The van der Waals surface area contributed by atoms with Gasteiger partial charge < -0.3 is 4.90 Å². The topological polar surface area (TPSA) is 20.3 Å². The highest BCUT2D eigenvalue weighted by Gasteiger charge is 2.15. The van der Waals surface area contributed by atoms with Crippen molar-refractivity contribution in [2.45, 2.75) is 19.6 Å². The molecule has 1 unspecified atom stereocenters. The van der Waals surface area contributed by atoms with Crippen molar-refractivity contribution in [3.05, 3.63) is 77.6 Å². The Hall–Kier alpha value is -1.82. The third-order valence-electron chi connectivity index (χ3n) is 3.71. The summed E-state index contributed by atoms with van der Waals surface area (Å²) in [6, 6.07) is 19.1. The Balaban J connectivity index is 1.93. The van der Waals surface area contributed by atoms with Gasteiger partial charge in [-0.25, -0.2) is 8.60 Å². The Morgan fingerprint density at radius 3 is 2.23 bits per heavy atom. The molecule has 0 radical (unpaired) electrons. The summed E-state index contributed by atoms with van der Waals surface area (Å²) < 4.78 is 26.8. The molecule has 0 saturated carbocycles. The van der Waals surface area contributed by atoms with Gasteiger partial charge in [0.15, 0.2) is 0 Å². The molecule has 0 aliphatic heterocycles. The van der Waals surface area contributed by atoms with E-state index in [-0.39, 0.29) is 5.82 Å². The van der Waals surface area contributed by atoms with Crippen molar-refractivity contribution in [1.82, 2.24) is 0 Å². The van der Waals surface area contributed by atoms with E-state index in [2.05, 4.69) is 0 Å². The fourth-order valence-electron chi connectivity index (χ4n) is 2.34. The third kappa shape index (κ3) is 4.47. The van der Waals surface area contributed by atoms with Gasteiger partial charge in [0.2, 0.25) is 0 Å². The molecular formula is C20H17ClFNOS2. The van der Waals surface area contributed by atoms with Crippen molar-refractivity contribution in [3.8, 4) is 0 Å². The third-order valence-corrected chi connectivity index (χ3v) is 6.62. The average molecular weight is 406 g/mol. The average Bonchev–Trinajstić information content (AvgIpc) is 2.63. The zero-order valence-electron chi connectivity index (χ0n) is 14.3. The molecule has 0 bridgehead atoms. The number of hydrogen-bond donors (Lipinski definition) is 0. The van der Waals surface area contributed by atoms with E-state index in [1.807, 2.05) is 55.4 Å². The lowest BCUT2D eigenvalue weighted by molar-refractivity contribution is 0.621. The maximum absolute atomic E-state index is 13.8. The molecule has 0 aromatic heterocycles. The summed E-state index contributed by atoms with van der Waals surface area (Å²) in [7, 11) is 2.50. The van der Waals surface area contributed by atoms with Crippen molar-refractivity contribution >= 4 is 39.8 Å². The molecule has 6 heteroatoms. The maximum atomic E-state index is 13.8. The predicted octanol–water partition coefficient (Wildman–Crippen LogP) is 5.86. The summed E-state index contributed by atoms with van der Waals surface area (Å²) in [5.41, 5.74) is 1.03. The van der Waals surface area contributed by atoms with Crippen LogP contribution in [0.15, 0.2) is 86.3 Å². The quantitative estimate of drug-likeness (QED) is 0.530. The van der Waals surface area contributed by atoms with Crippen LogP contribution in [0.2, 0.25) is 5.02 Å². The molecule has 2 nitrogen and oxygen atoms in total. The number of nitrogens with zero attached hydrogens (tertiary/aromatic N) is 1. The molecular weight excluding hydrogens is 389 g/mol. The van der Waals surface area contributed by atoms with Gasteiger partial charge in [-0.1, -0.05) is 23.4 Å². The molecule has 3 rings (SSSR count). The van der Waals surface area contributed by atoms with Crippen LogP contribution in [0.25, 0.3) is 0 Å². The van der Waals surface area contributed by atoms with Crippen LogP contribution in [0.3, 0.4) is 0 Å². The molecule has 0 aliphatic carbocycles. The van der Waals surface area contributed by atoms with Gasteiger partial charge in [-0.05, 0) is 66.7 Å². The van der Waals surface area contributed by atoms with Gasteiger partial charge in [0.05, 0.1) is 15.7 Å². The van der Waals surface area contributed by atoms with Crippen molar-refractivity contribution in [2.24, 2.45) is 0 Å². The summed E-state index contributed by atoms with van der Waals surface area (Å²) in [5, 5.41) is 0.637. The van der Waals surface area contributed by atoms with E-state index in [0.717, 1.165) is 10.6 Å². The van der Waals surface area contributed by atoms with Gasteiger partial charge in [-0.15, -0.1) is 0 Å². The summed E-state index contributed by atoms with van der Waals surface area (Å²) in [6.45, 7) is 0. The Morgan fingerprint density at radius 1 is 0.962 bits per heavy atom. The molecule has 0 amide bonds. The van der Waals surface area contributed by atoms with Gasteiger partial charge in [0.1, 0.15) is 5.82 Å². The number of rotatable bonds is 5. The number of anilines is 1. The molecule has 3 aromatic carbocycles. The molecule has 0 N–H and O–H groups in total. The number of benzene rings is 3. The monoisotopic (exact) mass is 405 g/mol. The van der Waals surface area contributed by atoms with Gasteiger partial charge in [-0.2, -0.15) is 0 Å². The zero-order valence-corrected chi connectivity index (χ0v) is 16.7. The summed E-state index contributed by atoms with van der Waals surface area (Å²) in [5.74, 6) is -0.356. The van der Waals surface area contributed by atoms with Crippen molar-refractivity contribution < 1.29 is 8.60 Å². The highest BCUT2D eigenvalue weighted by atomic mass is 35.5. The van der Waals surface area contributed by atoms with Crippen LogP contribution in [0.4, 0.5) is 10.1 Å². The van der Waals surface area contributed by atoms with Crippen molar-refractivity contribution in [2.75, 3.05) is 19.0 Å². The molecule has 134 valence electrons. The van der Waals surface area contributed by atoms with Crippen LogP contribution in [0.5, 0.6) is 0 Å². The maximum Gasteiger partial charge on any atom is 0.124 e. The molecule has 3 aromatic rings. The van der Waals surface area contributed by atoms with Gasteiger partial charge in [0, 0.05) is 39.5 Å². The molecule has 0 aliphatic rings. The first-order valence-corrected chi connectivity index (χ1v) is 10.2. The highest BCUT2D eigenvalue weighted by molar-refractivity contribution is 8.00. The summed E-state index contributed by atoms with van der Waals surface area (Å²) >= 11 is 7.28. The zero-order chi connectivity index (χ0) is 18.7. The second-order valence-corrected chi connectivity index (χ2v) is 8.80. The van der Waals surface area contributed by atoms with Crippen LogP contribution in [0, 0.1) is 5.82 Å². The molecule has 0 fully saturated rings. The largest absolute Gasteiger partial charge is 0.378 e. The van der Waals surface area contributed by atoms with Crippen LogP contribution < -0.4 is 4.90 Å². The van der Waals surface area contributed by atoms with E-state index in [0.29, 0.717) is 19.7 Å². The fourth-order valence-corrected chi connectivity index (χ4v) is 4.75. The lowest BCUT2D eigenvalue weighted by atomic mass is 10.3. The van der Waals surface area contributed by atoms with E-state index < -0.39 is 10.8 Å². The summed E-state index contributed by atoms with van der Waals surface area (Å²) in [4.78, 5) is 4.78. The first-order chi connectivity index (χ1) is 12.4. The molecule has 26 heavy (non-hydrogen) atoms. The van der Waals surface area contributed by atoms with Crippen molar-refractivity contribution in [1.29, 1.82) is 0 Å². The smallest absolute Gasteiger partial charge is 0.124 e. The van der Waals surface area contributed by atoms with E-state index >= 15 is 0 Å². The molecule has 0 saturated heterocycles. The van der Waals surface area contributed by atoms with Gasteiger partial charge in [0.25, 0.3) is 0 Å². The van der Waals surface area contributed by atoms with Crippen LogP contribution in [-0.4, -0.2) is 18.3 Å². The number of halogens is 2. The molecule has 0 heterocycles. The normalized spacial score (nSPS) is 12.0. The second-order valence-electron chi connectivity index (χ2n) is 5.80. The minimum atomic E-state index is -1.40. The van der Waals surface area contributed by atoms with Crippen LogP contribution >= 0.6 is 23.4 Å². The van der Waals surface area contributed by atoms with E-state index in [4.69, 9.17) is 11.6 Å². The Bertz CT molecular complexity index is 928. The SMILES string of the molecule is CN(C)c1ccc(S(=O)c2ccc(F)cc2Sc2ccc(Cl)cc2)cc1. The van der Waals surface area contributed by atoms with Crippen molar-refractivity contribution in [3.63, 3.8) is 0 Å². The first-order valence-electron chi connectivity index (χ1n) is 7.86. The van der Waals surface area contributed by atoms with Gasteiger partial charge in [-0.3, -0.25) is 0 Å². The summed E-state index contributed by atoms with van der Waals surface area (Å²) in [6.07, 6.45) is 0. The number of hydrogen-bond acceptors (Lipinski definition) is 3. The van der Waals surface area contributed by atoms with Crippen LogP contribution in [0.1, 0.15) is 0 Å². The minimum Gasteiger partial charge on any atom is -0.378 e. The van der Waals surface area contributed by atoms with Gasteiger partial charge >= 0.3 is 0 Å². The van der Waals surface area contributed by atoms with Crippen LogP contribution in [-0.2, 0) is 10.8 Å². The molecule has 1 atom stereocenters. The standard InChI is InChI=1S/C20H17ClFNOS2/c1-23(2)16-6-10-18(11-7-16)26(24)20-12-5-15(22)13-19(20)25-17-8-3-14(21)4-9-17/h3-13H,1-2H3.